The van der Waals surface area contributed by atoms with E-state index in [1.807, 2.05) is 6.07 Å². The van der Waals surface area contributed by atoms with Gasteiger partial charge in [0.1, 0.15) is 34.9 Å². The van der Waals surface area contributed by atoms with E-state index in [9.17, 15) is 25.5 Å². The topological polar surface area (TPSA) is 142 Å². The molecule has 5 aromatic rings. The highest BCUT2D eigenvalue weighted by molar-refractivity contribution is 5.92. The van der Waals surface area contributed by atoms with Crippen LogP contribution in [0.15, 0.2) is 71.1 Å². The molecule has 6 rings (SSSR count). The van der Waals surface area contributed by atoms with E-state index in [1.54, 1.807) is 30.3 Å². The van der Waals surface area contributed by atoms with E-state index in [0.717, 1.165) is 0 Å². The predicted molar refractivity (Wildman–Crippen MR) is 141 cm³/mol. The molecule has 9 nitrogen and oxygen atoms in total. The third-order valence-corrected chi connectivity index (χ3v) is 6.84. The molecule has 0 spiro atoms. The molecule has 0 aliphatic carbocycles. The Morgan fingerprint density at radius 2 is 1.36 bits per heavy atom. The number of methoxy groups -OCH3 is 2. The van der Waals surface area contributed by atoms with Gasteiger partial charge in [-0.05, 0) is 59.7 Å². The van der Waals surface area contributed by atoms with Gasteiger partial charge < -0.3 is 44.2 Å². The van der Waals surface area contributed by atoms with Gasteiger partial charge in [-0.3, -0.25) is 0 Å². The van der Waals surface area contributed by atoms with Crippen LogP contribution in [-0.2, 0) is 0 Å². The number of phenolic OH excluding ortho intramolecular Hbond substituents is 5. The molecule has 2 atom stereocenters. The number of phenols is 5. The molecule has 2 heterocycles. The first kappa shape index (κ1) is 24.2. The first-order chi connectivity index (χ1) is 18.7. The van der Waals surface area contributed by atoms with Gasteiger partial charge in [-0.15, -0.1) is 0 Å². The standard InChI is InChI=1S/C30H24O9/c1-36-25-10-14(3-4-23(25)35)27-26(16-7-20(33)13-21(34)8-16)22-9-17-11-24(15-5-18(31)12-19(32)6-15)38-28(17)30(37-2)29(22)39-27/h3-13,26-27,31-35H,1-2H3/t26-,27+/m0/s1. The fourth-order valence-corrected chi connectivity index (χ4v) is 5.22. The summed E-state index contributed by atoms with van der Waals surface area (Å²) in [5.41, 5.74) is 2.85. The summed E-state index contributed by atoms with van der Waals surface area (Å²) in [6, 6.07) is 17.1. The Bertz CT molecular complexity index is 1700. The van der Waals surface area contributed by atoms with Crippen molar-refractivity contribution in [3.8, 4) is 57.3 Å². The lowest BCUT2D eigenvalue weighted by molar-refractivity contribution is 0.213. The Balaban J connectivity index is 1.57. The minimum absolute atomic E-state index is 0.0241. The number of fused-ring (bicyclic) bond motifs is 2. The smallest absolute Gasteiger partial charge is 0.204 e. The Kier molecular flexibility index (Phi) is 5.57. The second-order valence-electron chi connectivity index (χ2n) is 9.33. The van der Waals surface area contributed by atoms with Gasteiger partial charge in [-0.1, -0.05) is 6.07 Å². The van der Waals surface area contributed by atoms with E-state index >= 15 is 0 Å². The molecule has 1 aliphatic rings. The quantitative estimate of drug-likeness (QED) is 0.188. The second-order valence-corrected chi connectivity index (χ2v) is 9.33. The normalized spacial score (nSPS) is 16.2. The van der Waals surface area contributed by atoms with Crippen molar-refractivity contribution in [1.29, 1.82) is 0 Å². The number of ether oxygens (including phenoxy) is 3. The lowest BCUT2D eigenvalue weighted by Crippen LogP contribution is -2.11. The van der Waals surface area contributed by atoms with Crippen LogP contribution in [0.5, 0.6) is 46.0 Å². The SMILES string of the molecule is COc1cc([C@H]2Oc3c(cc4cc(-c5cc(O)cc(O)c5)oc4c3OC)[C@@H]2c2cc(O)cc(O)c2)ccc1O. The van der Waals surface area contributed by atoms with Crippen molar-refractivity contribution in [2.45, 2.75) is 12.0 Å². The molecule has 0 radical (unpaired) electrons. The average molecular weight is 529 g/mol. The molecule has 0 amide bonds. The molecule has 5 N–H and O–H groups in total. The fraction of sp³-hybridized carbons (Fsp3) is 0.133. The van der Waals surface area contributed by atoms with Crippen LogP contribution in [-0.4, -0.2) is 39.8 Å². The van der Waals surface area contributed by atoms with Crippen molar-refractivity contribution in [2.75, 3.05) is 14.2 Å². The van der Waals surface area contributed by atoms with Crippen LogP contribution in [0, 0.1) is 0 Å². The molecule has 1 aromatic heterocycles. The fourth-order valence-electron chi connectivity index (χ4n) is 5.22. The summed E-state index contributed by atoms with van der Waals surface area (Å²) in [6.45, 7) is 0. The molecule has 9 heteroatoms. The summed E-state index contributed by atoms with van der Waals surface area (Å²) in [5, 5.41) is 51.3. The number of benzene rings is 4. The van der Waals surface area contributed by atoms with Crippen molar-refractivity contribution >= 4 is 11.0 Å². The van der Waals surface area contributed by atoms with E-state index in [0.29, 0.717) is 50.5 Å². The van der Waals surface area contributed by atoms with Crippen molar-refractivity contribution in [3.63, 3.8) is 0 Å². The number of hydrogen-bond donors (Lipinski definition) is 5. The third-order valence-electron chi connectivity index (χ3n) is 6.84. The van der Waals surface area contributed by atoms with Gasteiger partial charge in [-0.2, -0.15) is 0 Å². The number of hydrogen-bond acceptors (Lipinski definition) is 9. The van der Waals surface area contributed by atoms with Crippen LogP contribution < -0.4 is 14.2 Å². The monoisotopic (exact) mass is 528 g/mol. The van der Waals surface area contributed by atoms with E-state index in [2.05, 4.69) is 0 Å². The van der Waals surface area contributed by atoms with Crippen LogP contribution >= 0.6 is 0 Å². The molecular formula is C30H24O9. The predicted octanol–water partition coefficient (Wildman–Crippen LogP) is 5.91. The first-order valence-corrected chi connectivity index (χ1v) is 12.0. The molecule has 39 heavy (non-hydrogen) atoms. The Morgan fingerprint density at radius 1 is 0.692 bits per heavy atom. The minimum Gasteiger partial charge on any atom is -0.508 e. The molecular weight excluding hydrogens is 504 g/mol. The molecule has 0 unspecified atom stereocenters. The highest BCUT2D eigenvalue weighted by atomic mass is 16.5. The first-order valence-electron chi connectivity index (χ1n) is 12.0. The second kappa shape index (κ2) is 8.98. The van der Waals surface area contributed by atoms with Crippen molar-refractivity contribution < 1.29 is 44.2 Å². The number of rotatable bonds is 5. The van der Waals surface area contributed by atoms with Gasteiger partial charge in [0.15, 0.2) is 22.8 Å². The summed E-state index contributed by atoms with van der Waals surface area (Å²) in [6.07, 6.45) is -0.640. The Hall–Kier alpha value is -5.18. The van der Waals surface area contributed by atoms with Crippen molar-refractivity contribution in [1.82, 2.24) is 0 Å². The average Bonchev–Trinajstić information content (AvgIpc) is 3.48. The van der Waals surface area contributed by atoms with Gasteiger partial charge in [-0.25, -0.2) is 0 Å². The number of aromatic hydroxyl groups is 5. The lowest BCUT2D eigenvalue weighted by Gasteiger charge is -2.21. The maximum Gasteiger partial charge on any atom is 0.204 e. The van der Waals surface area contributed by atoms with Gasteiger partial charge >= 0.3 is 0 Å². The van der Waals surface area contributed by atoms with Crippen LogP contribution in [0.2, 0.25) is 0 Å². The van der Waals surface area contributed by atoms with Gasteiger partial charge in [0.25, 0.3) is 0 Å². The largest absolute Gasteiger partial charge is 0.508 e. The van der Waals surface area contributed by atoms with E-state index < -0.39 is 12.0 Å². The number of furan rings is 1. The van der Waals surface area contributed by atoms with Gasteiger partial charge in [0, 0.05) is 28.6 Å². The molecule has 0 saturated heterocycles. The van der Waals surface area contributed by atoms with Crippen LogP contribution in [0.25, 0.3) is 22.3 Å². The van der Waals surface area contributed by atoms with E-state index in [4.69, 9.17) is 18.6 Å². The molecule has 4 aromatic carbocycles. The van der Waals surface area contributed by atoms with E-state index in [1.165, 1.54) is 44.6 Å². The van der Waals surface area contributed by atoms with Crippen molar-refractivity contribution in [2.24, 2.45) is 0 Å². The van der Waals surface area contributed by atoms with Crippen LogP contribution in [0.3, 0.4) is 0 Å². The molecule has 0 saturated carbocycles. The summed E-state index contributed by atoms with van der Waals surface area (Å²) < 4.78 is 23.7. The van der Waals surface area contributed by atoms with Crippen LogP contribution in [0.4, 0.5) is 0 Å². The lowest BCUT2D eigenvalue weighted by atomic mass is 9.84. The highest BCUT2D eigenvalue weighted by Crippen LogP contribution is 2.57. The summed E-state index contributed by atoms with van der Waals surface area (Å²) in [5.74, 6) is 0.436. The van der Waals surface area contributed by atoms with Gasteiger partial charge in [0.2, 0.25) is 5.75 Å². The van der Waals surface area contributed by atoms with Crippen LogP contribution in [0.1, 0.15) is 28.7 Å². The zero-order chi connectivity index (χ0) is 27.4. The Morgan fingerprint density at radius 3 is 2.00 bits per heavy atom. The molecule has 1 aliphatic heterocycles. The van der Waals surface area contributed by atoms with Gasteiger partial charge in [0.05, 0.1) is 20.1 Å². The summed E-state index contributed by atoms with van der Waals surface area (Å²) in [4.78, 5) is 0. The summed E-state index contributed by atoms with van der Waals surface area (Å²) in [7, 11) is 2.95. The Labute approximate surface area is 222 Å². The molecule has 0 fully saturated rings. The maximum absolute atomic E-state index is 10.3. The third kappa shape index (κ3) is 4.04. The molecule has 0 bridgehead atoms. The highest BCUT2D eigenvalue weighted by Gasteiger charge is 2.41. The minimum atomic E-state index is -0.640. The maximum atomic E-state index is 10.3. The summed E-state index contributed by atoms with van der Waals surface area (Å²) >= 11 is 0. The zero-order valence-corrected chi connectivity index (χ0v) is 20.9. The van der Waals surface area contributed by atoms with Crippen molar-refractivity contribution in [3.05, 3.63) is 83.4 Å². The zero-order valence-electron chi connectivity index (χ0n) is 20.9. The van der Waals surface area contributed by atoms with E-state index in [-0.39, 0.29) is 34.5 Å². The molecule has 198 valence electrons.